The van der Waals surface area contributed by atoms with Gasteiger partial charge in [-0.05, 0) is 37.5 Å². The quantitative estimate of drug-likeness (QED) is 0.545. The lowest BCUT2D eigenvalue weighted by atomic mass is 10.3. The molecule has 0 aromatic carbocycles. The molecule has 0 bridgehead atoms. The van der Waals surface area contributed by atoms with Crippen molar-refractivity contribution in [3.8, 4) is 0 Å². The summed E-state index contributed by atoms with van der Waals surface area (Å²) in [5, 5.41) is 0. The molecular formula is C13H24NO3S+. The minimum atomic E-state index is -4.05. The maximum atomic E-state index is 11.2. The Labute approximate surface area is 111 Å². The fraction of sp³-hybridized carbons (Fsp3) is 0.538. The Morgan fingerprint density at radius 2 is 1.22 bits per heavy atom. The summed E-state index contributed by atoms with van der Waals surface area (Å²) in [5.74, 6) is -0.378. The van der Waals surface area contributed by atoms with Crippen LogP contribution in [0.3, 0.4) is 0 Å². The van der Waals surface area contributed by atoms with Crippen molar-refractivity contribution in [1.82, 2.24) is 0 Å². The molecule has 0 aromatic rings. The topological polar surface area (TPSA) is 54.4 Å². The number of allylic oxidation sites excluding steroid dienone is 3. The van der Waals surface area contributed by atoms with Gasteiger partial charge in [-0.3, -0.25) is 4.55 Å². The Morgan fingerprint density at radius 1 is 0.889 bits per heavy atom. The lowest BCUT2D eigenvalue weighted by Gasteiger charge is -2.24. The summed E-state index contributed by atoms with van der Waals surface area (Å²) >= 11 is 0. The second-order valence-corrected chi connectivity index (χ2v) is 5.51. The Kier molecular flexibility index (Phi) is 7.82. The minimum absolute atomic E-state index is 0.00560. The van der Waals surface area contributed by atoms with Crippen molar-refractivity contribution in [3.05, 3.63) is 36.8 Å². The largest absolute Gasteiger partial charge is 0.317 e. The van der Waals surface area contributed by atoms with Gasteiger partial charge in [0.2, 0.25) is 5.88 Å². The summed E-state index contributed by atoms with van der Waals surface area (Å²) in [4.78, 5) is 0. The highest BCUT2D eigenvalue weighted by atomic mass is 32.2. The van der Waals surface area contributed by atoms with E-state index in [1.807, 2.05) is 39.0 Å². The van der Waals surface area contributed by atoms with E-state index in [0.717, 1.165) is 19.3 Å². The van der Waals surface area contributed by atoms with E-state index in [4.69, 9.17) is 4.55 Å². The molecule has 0 unspecified atom stereocenters. The first-order valence-corrected chi connectivity index (χ1v) is 7.85. The number of quaternary nitrogens is 1. The zero-order chi connectivity index (χ0) is 14.1. The predicted molar refractivity (Wildman–Crippen MR) is 75.0 cm³/mol. The van der Waals surface area contributed by atoms with Crippen LogP contribution in [0.4, 0.5) is 0 Å². The highest BCUT2D eigenvalue weighted by Gasteiger charge is 2.26. The van der Waals surface area contributed by atoms with Crippen molar-refractivity contribution in [2.24, 2.45) is 0 Å². The van der Waals surface area contributed by atoms with E-state index in [9.17, 15) is 8.42 Å². The van der Waals surface area contributed by atoms with Crippen LogP contribution in [-0.4, -0.2) is 23.3 Å². The SMILES string of the molecule is CC/C=C/[N+](/C=C/CC)(/C=C/CC)CS(=O)(=O)O. The van der Waals surface area contributed by atoms with Gasteiger partial charge in [0.05, 0.1) is 0 Å². The first-order chi connectivity index (χ1) is 8.39. The van der Waals surface area contributed by atoms with E-state index < -0.39 is 10.1 Å². The lowest BCUT2D eigenvalue weighted by Crippen LogP contribution is -2.36. The number of rotatable bonds is 8. The normalized spacial score (nSPS) is 14.2. The highest BCUT2D eigenvalue weighted by molar-refractivity contribution is 7.85. The first-order valence-electron chi connectivity index (χ1n) is 6.24. The molecule has 1 N–H and O–H groups in total. The molecule has 0 atom stereocenters. The van der Waals surface area contributed by atoms with Gasteiger partial charge >= 0.3 is 10.1 Å². The molecule has 0 aliphatic rings. The zero-order valence-corrected chi connectivity index (χ0v) is 12.2. The molecule has 0 aliphatic carbocycles. The third kappa shape index (κ3) is 7.42. The van der Waals surface area contributed by atoms with E-state index in [2.05, 4.69) is 0 Å². The minimum Gasteiger partial charge on any atom is -0.281 e. The smallest absolute Gasteiger partial charge is 0.281 e. The summed E-state index contributed by atoms with van der Waals surface area (Å²) in [5.41, 5.74) is 0. The third-order valence-corrected chi connectivity index (χ3v) is 3.02. The average Bonchev–Trinajstić information content (AvgIpc) is 2.29. The molecule has 0 fully saturated rings. The van der Waals surface area contributed by atoms with Crippen LogP contribution in [-0.2, 0) is 10.1 Å². The van der Waals surface area contributed by atoms with E-state index in [0.29, 0.717) is 0 Å². The van der Waals surface area contributed by atoms with Crippen LogP contribution < -0.4 is 0 Å². The summed E-state index contributed by atoms with van der Waals surface area (Å²) in [6.45, 7) is 5.93. The molecule has 0 amide bonds. The molecule has 104 valence electrons. The molecule has 0 saturated heterocycles. The molecule has 0 spiro atoms. The van der Waals surface area contributed by atoms with E-state index in [-0.39, 0.29) is 10.4 Å². The predicted octanol–water partition coefficient (Wildman–Crippen LogP) is 3.42. The van der Waals surface area contributed by atoms with Crippen LogP contribution in [0.1, 0.15) is 40.0 Å². The molecule has 0 aromatic heterocycles. The Bertz CT molecular complexity index is 372. The Balaban J connectivity index is 5.45. The van der Waals surface area contributed by atoms with E-state index in [1.54, 1.807) is 18.6 Å². The van der Waals surface area contributed by atoms with Gasteiger partial charge in [-0.1, -0.05) is 20.8 Å². The number of nitrogens with zero attached hydrogens (tertiary/aromatic N) is 1. The molecular weight excluding hydrogens is 250 g/mol. The zero-order valence-electron chi connectivity index (χ0n) is 11.4. The monoisotopic (exact) mass is 274 g/mol. The van der Waals surface area contributed by atoms with Gasteiger partial charge < -0.3 is 0 Å². The molecule has 4 nitrogen and oxygen atoms in total. The van der Waals surface area contributed by atoms with Gasteiger partial charge in [0.1, 0.15) is 18.6 Å². The molecule has 0 radical (unpaired) electrons. The lowest BCUT2D eigenvalue weighted by molar-refractivity contribution is -0.759. The molecule has 18 heavy (non-hydrogen) atoms. The fourth-order valence-corrected chi connectivity index (χ4v) is 2.29. The van der Waals surface area contributed by atoms with Crippen molar-refractivity contribution in [3.63, 3.8) is 0 Å². The van der Waals surface area contributed by atoms with Gasteiger partial charge in [-0.2, -0.15) is 8.42 Å². The highest BCUT2D eigenvalue weighted by Crippen LogP contribution is 2.15. The molecule has 0 heterocycles. The van der Waals surface area contributed by atoms with Crippen LogP contribution in [0.5, 0.6) is 0 Å². The standard InChI is InChI=1S/C13H23NO3S/c1-4-7-10-14(11-8-5-2,12-9-6-3)13-18(15,16)17/h7-12H,4-6,13H2,1-3H3/p+1/b10-7+,11-8+,12-9+. The van der Waals surface area contributed by atoms with Crippen molar-refractivity contribution < 1.29 is 17.5 Å². The summed E-state index contributed by atoms with van der Waals surface area (Å²) in [7, 11) is -4.05. The van der Waals surface area contributed by atoms with Gasteiger partial charge in [0.15, 0.2) is 0 Å². The molecule has 5 heteroatoms. The van der Waals surface area contributed by atoms with Gasteiger partial charge in [0.25, 0.3) is 0 Å². The van der Waals surface area contributed by atoms with Crippen molar-refractivity contribution in [1.29, 1.82) is 0 Å². The van der Waals surface area contributed by atoms with Gasteiger partial charge in [-0.25, -0.2) is 4.48 Å². The maximum Gasteiger partial charge on any atom is 0.317 e. The van der Waals surface area contributed by atoms with Crippen molar-refractivity contribution in [2.75, 3.05) is 5.88 Å². The number of hydrogen-bond acceptors (Lipinski definition) is 2. The van der Waals surface area contributed by atoms with Gasteiger partial charge in [0, 0.05) is 0 Å². The average molecular weight is 274 g/mol. The van der Waals surface area contributed by atoms with E-state index >= 15 is 0 Å². The first kappa shape index (κ1) is 17.1. The Morgan fingerprint density at radius 3 is 1.44 bits per heavy atom. The van der Waals surface area contributed by atoms with Crippen molar-refractivity contribution in [2.45, 2.75) is 40.0 Å². The van der Waals surface area contributed by atoms with Crippen molar-refractivity contribution >= 4 is 10.1 Å². The van der Waals surface area contributed by atoms with Gasteiger partial charge in [-0.15, -0.1) is 0 Å². The molecule has 0 aliphatic heterocycles. The second kappa shape index (κ2) is 8.24. The van der Waals surface area contributed by atoms with Crippen LogP contribution >= 0.6 is 0 Å². The Hall–Kier alpha value is -0.910. The fourth-order valence-electron chi connectivity index (χ4n) is 1.47. The molecule has 0 rings (SSSR count). The second-order valence-electron chi connectivity index (χ2n) is 4.09. The third-order valence-electron chi connectivity index (χ3n) is 2.24. The van der Waals surface area contributed by atoms with Crippen LogP contribution in [0.25, 0.3) is 0 Å². The van der Waals surface area contributed by atoms with Crippen LogP contribution in [0.15, 0.2) is 36.8 Å². The number of hydrogen-bond donors (Lipinski definition) is 1. The van der Waals surface area contributed by atoms with Crippen LogP contribution in [0, 0.1) is 0 Å². The summed E-state index contributed by atoms with van der Waals surface area (Å²) in [6.07, 6.45) is 13.5. The maximum absolute atomic E-state index is 11.2. The summed E-state index contributed by atoms with van der Waals surface area (Å²) in [6, 6.07) is 0. The van der Waals surface area contributed by atoms with E-state index in [1.165, 1.54) is 0 Å². The molecule has 0 saturated carbocycles. The van der Waals surface area contributed by atoms with Crippen LogP contribution in [0.2, 0.25) is 0 Å². The summed E-state index contributed by atoms with van der Waals surface area (Å²) < 4.78 is 31.4.